The predicted molar refractivity (Wildman–Crippen MR) is 60.5 cm³/mol. The van der Waals surface area contributed by atoms with Crippen molar-refractivity contribution in [3.05, 3.63) is 41.6 Å². The highest BCUT2D eigenvalue weighted by Crippen LogP contribution is 2.23. The molecule has 2 unspecified atom stereocenters. The lowest BCUT2D eigenvalue weighted by Gasteiger charge is -2.21. The topological polar surface area (TPSA) is 27.6 Å². The number of benzene rings is 1. The van der Waals surface area contributed by atoms with Crippen LogP contribution < -0.4 is 5.43 Å². The van der Waals surface area contributed by atoms with Crippen molar-refractivity contribution >= 4 is 21.2 Å². The van der Waals surface area contributed by atoms with Gasteiger partial charge in [-0.3, -0.25) is 5.01 Å². The molecule has 14 heavy (non-hydrogen) atoms. The molecular weight excluding hydrogens is 193 g/mol. The number of hydrogen-bond donors (Lipinski definition) is 1. The molecule has 3 rings (SSSR count). The maximum Gasteiger partial charge on any atom is 0.152 e. The molecule has 2 heterocycles. The van der Waals surface area contributed by atoms with Crippen LogP contribution in [0.3, 0.4) is 0 Å². The van der Waals surface area contributed by atoms with Crippen molar-refractivity contribution < 1.29 is 0 Å². The maximum atomic E-state index is 4.50. The fraction of sp³-hybridized carbons (Fsp3) is 0.100. The fourth-order valence-corrected chi connectivity index (χ4v) is 2.04. The summed E-state index contributed by atoms with van der Waals surface area (Å²) in [5, 5.41) is 1.96. The van der Waals surface area contributed by atoms with Crippen molar-refractivity contribution in [1.82, 2.24) is 10.4 Å². The molecule has 2 aliphatic heterocycles. The summed E-state index contributed by atoms with van der Waals surface area (Å²) in [6.07, 6.45) is 4.09. The largest absolute Gasteiger partial charge is 0.265 e. The van der Waals surface area contributed by atoms with Gasteiger partial charge in [-0.2, -0.15) is 0 Å². The van der Waals surface area contributed by atoms with Crippen molar-refractivity contribution in [3.63, 3.8) is 0 Å². The molecule has 2 aliphatic rings. The van der Waals surface area contributed by atoms with Gasteiger partial charge in [-0.25, -0.2) is 10.4 Å². The molecule has 0 aromatic heterocycles. The smallest absolute Gasteiger partial charge is 0.152 e. The summed E-state index contributed by atoms with van der Waals surface area (Å²) in [6, 6.07) is 8.27. The van der Waals surface area contributed by atoms with E-state index in [1.807, 2.05) is 23.3 Å². The number of hydrazine groups is 1. The first-order chi connectivity index (χ1) is 6.84. The first-order valence-electron chi connectivity index (χ1n) is 4.51. The molecule has 0 aliphatic carbocycles. The average molecular weight is 203 g/mol. The van der Waals surface area contributed by atoms with Crippen LogP contribution in [0.25, 0.3) is 6.08 Å². The van der Waals surface area contributed by atoms with Gasteiger partial charge in [0.25, 0.3) is 0 Å². The normalized spacial score (nSPS) is 23.1. The van der Waals surface area contributed by atoms with Crippen LogP contribution in [0.15, 0.2) is 35.5 Å². The number of aliphatic imine (C=N–C) groups is 1. The molecule has 3 nitrogen and oxygen atoms in total. The molecule has 0 radical (unpaired) electrons. The Balaban J connectivity index is 2.18. The molecule has 0 spiro atoms. The third-order valence-electron chi connectivity index (χ3n) is 2.37. The number of fused-ring (bicyclic) bond motifs is 3. The Morgan fingerprint density at radius 1 is 1.36 bits per heavy atom. The monoisotopic (exact) mass is 203 g/mol. The van der Waals surface area contributed by atoms with E-state index in [-0.39, 0.29) is 5.91 Å². The third kappa shape index (κ3) is 1.10. The van der Waals surface area contributed by atoms with E-state index in [0.29, 0.717) is 0 Å². The van der Waals surface area contributed by atoms with Crippen LogP contribution in [0.2, 0.25) is 0 Å². The summed E-state index contributed by atoms with van der Waals surface area (Å²) in [6.45, 7) is 0. The van der Waals surface area contributed by atoms with Crippen LogP contribution in [0.5, 0.6) is 0 Å². The molecule has 0 saturated carbocycles. The molecule has 1 N–H and O–H groups in total. The first kappa shape index (κ1) is 8.16. The first-order valence-corrected chi connectivity index (χ1v) is 5.18. The van der Waals surface area contributed by atoms with Crippen LogP contribution in [0.1, 0.15) is 11.1 Å². The highest BCUT2D eigenvalue weighted by Gasteiger charge is 2.24. The van der Waals surface area contributed by atoms with Gasteiger partial charge in [-0.15, -0.1) is 0 Å². The number of nitrogens with one attached hydrogen (secondary N) is 1. The van der Waals surface area contributed by atoms with Crippen molar-refractivity contribution in [2.75, 3.05) is 0 Å². The second-order valence-corrected chi connectivity index (χ2v) is 3.93. The quantitative estimate of drug-likeness (QED) is 0.645. The minimum Gasteiger partial charge on any atom is -0.265 e. The third-order valence-corrected chi connectivity index (χ3v) is 2.66. The van der Waals surface area contributed by atoms with E-state index in [0.717, 1.165) is 5.84 Å². The zero-order valence-corrected chi connectivity index (χ0v) is 8.67. The van der Waals surface area contributed by atoms with E-state index in [1.165, 1.54) is 11.1 Å². The van der Waals surface area contributed by atoms with Crippen molar-refractivity contribution in [1.29, 1.82) is 0 Å². The zero-order chi connectivity index (χ0) is 9.54. The van der Waals surface area contributed by atoms with Crippen LogP contribution in [0.4, 0.5) is 0 Å². The van der Waals surface area contributed by atoms with E-state index in [4.69, 9.17) is 0 Å². The Labute approximate surface area is 84.7 Å². The Morgan fingerprint density at radius 3 is 3.14 bits per heavy atom. The Kier molecular flexibility index (Phi) is 1.69. The lowest BCUT2D eigenvalue weighted by Crippen LogP contribution is -2.36. The summed E-state index contributed by atoms with van der Waals surface area (Å²) < 4.78 is 0. The van der Waals surface area contributed by atoms with Crippen LogP contribution in [-0.4, -0.2) is 16.8 Å². The molecule has 4 heteroatoms. The second-order valence-electron chi connectivity index (χ2n) is 3.30. The SMILES string of the molecule is PC1N=C2c3ccccc3C=CN2N1. The van der Waals surface area contributed by atoms with Gasteiger partial charge in [0.2, 0.25) is 0 Å². The van der Waals surface area contributed by atoms with Gasteiger partial charge in [-0.1, -0.05) is 33.5 Å². The van der Waals surface area contributed by atoms with Gasteiger partial charge in [0.15, 0.2) is 5.84 Å². The van der Waals surface area contributed by atoms with Gasteiger partial charge >= 0.3 is 0 Å². The predicted octanol–water partition coefficient (Wildman–Crippen LogP) is 1.40. The Morgan fingerprint density at radius 2 is 2.21 bits per heavy atom. The molecule has 2 atom stereocenters. The molecule has 0 saturated heterocycles. The fourth-order valence-electron chi connectivity index (χ4n) is 1.74. The summed E-state index contributed by atoms with van der Waals surface area (Å²) in [5.74, 6) is 1.09. The Bertz CT molecular complexity index is 439. The molecule has 1 aromatic carbocycles. The van der Waals surface area contributed by atoms with Crippen molar-refractivity contribution in [2.24, 2.45) is 4.99 Å². The van der Waals surface area contributed by atoms with Crippen molar-refractivity contribution in [2.45, 2.75) is 5.91 Å². The van der Waals surface area contributed by atoms with Gasteiger partial charge in [-0.05, 0) is 11.6 Å². The molecule has 0 amide bonds. The summed E-state index contributed by atoms with van der Waals surface area (Å²) >= 11 is 0. The number of rotatable bonds is 0. The Hall–Kier alpha value is -1.18. The number of nitrogens with zero attached hydrogens (tertiary/aromatic N) is 2. The summed E-state index contributed by atoms with van der Waals surface area (Å²) in [7, 11) is 2.65. The zero-order valence-electron chi connectivity index (χ0n) is 7.51. The molecular formula is C10H10N3P. The number of amidine groups is 1. The highest BCUT2D eigenvalue weighted by molar-refractivity contribution is 7.17. The van der Waals surface area contributed by atoms with Gasteiger partial charge in [0, 0.05) is 11.8 Å². The van der Waals surface area contributed by atoms with Crippen LogP contribution in [-0.2, 0) is 0 Å². The van der Waals surface area contributed by atoms with Gasteiger partial charge in [0.05, 0.1) is 0 Å². The lowest BCUT2D eigenvalue weighted by atomic mass is 10.0. The minimum absolute atomic E-state index is 0.0841. The molecule has 70 valence electrons. The lowest BCUT2D eigenvalue weighted by molar-refractivity contribution is 0.437. The van der Waals surface area contributed by atoms with E-state index in [1.54, 1.807) is 0 Å². The summed E-state index contributed by atoms with van der Waals surface area (Å²) in [4.78, 5) is 4.50. The average Bonchev–Trinajstić information content (AvgIpc) is 2.59. The van der Waals surface area contributed by atoms with E-state index < -0.39 is 0 Å². The standard InChI is InChI=1S/C10H10N3P/c14-10-11-9-8-4-2-1-3-7(8)5-6-13(9)12-10/h1-6,10,12H,14H2. The van der Waals surface area contributed by atoms with E-state index in [2.05, 4.69) is 37.9 Å². The maximum absolute atomic E-state index is 4.50. The van der Waals surface area contributed by atoms with Crippen LogP contribution in [0, 0.1) is 0 Å². The van der Waals surface area contributed by atoms with E-state index in [9.17, 15) is 0 Å². The number of hydrogen-bond acceptors (Lipinski definition) is 3. The highest BCUT2D eigenvalue weighted by atomic mass is 31.0. The second kappa shape index (κ2) is 2.91. The minimum atomic E-state index is 0.0841. The molecule has 0 bridgehead atoms. The van der Waals surface area contributed by atoms with Crippen LogP contribution >= 0.6 is 9.24 Å². The van der Waals surface area contributed by atoms with Crippen molar-refractivity contribution in [3.8, 4) is 0 Å². The van der Waals surface area contributed by atoms with Gasteiger partial charge in [0.1, 0.15) is 5.91 Å². The summed E-state index contributed by atoms with van der Waals surface area (Å²) in [5.41, 5.74) is 5.62. The molecule has 0 fully saturated rings. The van der Waals surface area contributed by atoms with Gasteiger partial charge < -0.3 is 0 Å². The molecule has 1 aromatic rings. The van der Waals surface area contributed by atoms with E-state index >= 15 is 0 Å².